The van der Waals surface area contributed by atoms with Crippen LogP contribution in [0.4, 0.5) is 0 Å². The van der Waals surface area contributed by atoms with Crippen LogP contribution in [0, 0.1) is 5.92 Å². The molecule has 0 aromatic heterocycles. The van der Waals surface area contributed by atoms with Crippen molar-refractivity contribution in [2.45, 2.75) is 52.0 Å². The van der Waals surface area contributed by atoms with Gasteiger partial charge in [-0.05, 0) is 31.9 Å². The highest BCUT2D eigenvalue weighted by atomic mass is 16.6. The lowest BCUT2D eigenvalue weighted by Crippen LogP contribution is -2.40. The van der Waals surface area contributed by atoms with Crippen molar-refractivity contribution in [1.29, 1.82) is 0 Å². The fraction of sp³-hybridized carbons (Fsp3) is 0.429. The van der Waals surface area contributed by atoms with Crippen molar-refractivity contribution in [3.05, 3.63) is 59.9 Å². The van der Waals surface area contributed by atoms with Gasteiger partial charge in [0, 0.05) is 23.9 Å². The van der Waals surface area contributed by atoms with E-state index in [1.807, 2.05) is 42.3 Å². The van der Waals surface area contributed by atoms with Crippen LogP contribution >= 0.6 is 0 Å². The molecular formula is C21H25NO4. The summed E-state index contributed by atoms with van der Waals surface area (Å²) in [5, 5.41) is 0. The summed E-state index contributed by atoms with van der Waals surface area (Å²) in [6, 6.07) is 8.97. The molecule has 1 aromatic carbocycles. The number of nitrogens with zero attached hydrogens (tertiary/aromatic N) is 1. The lowest BCUT2D eigenvalue weighted by molar-refractivity contribution is -0.114. The molecule has 26 heavy (non-hydrogen) atoms. The van der Waals surface area contributed by atoms with E-state index < -0.39 is 12.3 Å². The molecule has 5 nitrogen and oxygen atoms in total. The number of Topliss-reactive ketones (excluding diaryl/α,β-unsaturated/α-hetero) is 1. The Bertz CT molecular complexity index is 725. The summed E-state index contributed by atoms with van der Waals surface area (Å²) >= 11 is 0. The third kappa shape index (κ3) is 3.73. The second-order valence-corrected chi connectivity index (χ2v) is 6.82. The number of ketones is 1. The fourth-order valence-corrected chi connectivity index (χ4v) is 3.46. The molecule has 2 heterocycles. The van der Waals surface area contributed by atoms with Crippen molar-refractivity contribution < 1.29 is 19.1 Å². The molecule has 5 heteroatoms. The maximum Gasteiger partial charge on any atom is 0.338 e. The summed E-state index contributed by atoms with van der Waals surface area (Å²) in [5.41, 5.74) is 1.24. The molecule has 0 amide bonds. The number of esters is 1. The SMILES string of the molecule is CC[C@H]1O[C@@H](N2C=CCC(C(C)=O)=C2)[C@H](OC(=O)c2ccccc2)[C@@H]1C. The number of carbonyl (C=O) groups excluding carboxylic acids is 2. The first-order valence-corrected chi connectivity index (χ1v) is 9.08. The Morgan fingerprint density at radius 2 is 2.00 bits per heavy atom. The average Bonchev–Trinajstić information content (AvgIpc) is 2.98. The van der Waals surface area contributed by atoms with Crippen LogP contribution < -0.4 is 0 Å². The maximum atomic E-state index is 12.6. The van der Waals surface area contributed by atoms with E-state index in [0.717, 1.165) is 12.0 Å². The van der Waals surface area contributed by atoms with Crippen molar-refractivity contribution in [3.63, 3.8) is 0 Å². The Morgan fingerprint density at radius 3 is 2.65 bits per heavy atom. The summed E-state index contributed by atoms with van der Waals surface area (Å²) in [7, 11) is 0. The van der Waals surface area contributed by atoms with Gasteiger partial charge in [0.25, 0.3) is 0 Å². The minimum absolute atomic E-state index is 0.00178. The van der Waals surface area contributed by atoms with Crippen LogP contribution in [0.1, 0.15) is 44.0 Å². The predicted molar refractivity (Wildman–Crippen MR) is 98.1 cm³/mol. The second kappa shape index (κ2) is 7.87. The van der Waals surface area contributed by atoms with Crippen molar-refractivity contribution in [3.8, 4) is 0 Å². The highest BCUT2D eigenvalue weighted by Gasteiger charge is 2.46. The van der Waals surface area contributed by atoms with E-state index in [9.17, 15) is 9.59 Å². The fourth-order valence-electron chi connectivity index (χ4n) is 3.46. The van der Waals surface area contributed by atoms with Crippen LogP contribution in [0.5, 0.6) is 0 Å². The number of benzene rings is 1. The number of hydrogen-bond donors (Lipinski definition) is 0. The molecule has 1 saturated heterocycles. The smallest absolute Gasteiger partial charge is 0.338 e. The van der Waals surface area contributed by atoms with E-state index in [4.69, 9.17) is 9.47 Å². The molecule has 0 unspecified atom stereocenters. The third-order valence-corrected chi connectivity index (χ3v) is 5.02. The zero-order chi connectivity index (χ0) is 18.7. The van der Waals surface area contributed by atoms with E-state index in [1.54, 1.807) is 25.3 Å². The van der Waals surface area contributed by atoms with Crippen LogP contribution in [0.15, 0.2) is 54.4 Å². The van der Waals surface area contributed by atoms with Crippen LogP contribution in [0.25, 0.3) is 0 Å². The predicted octanol–water partition coefficient (Wildman–Crippen LogP) is 3.68. The Morgan fingerprint density at radius 1 is 1.27 bits per heavy atom. The van der Waals surface area contributed by atoms with Gasteiger partial charge in [0.1, 0.15) is 0 Å². The minimum atomic E-state index is -0.437. The maximum absolute atomic E-state index is 12.6. The monoisotopic (exact) mass is 355 g/mol. The molecule has 0 saturated carbocycles. The Balaban J connectivity index is 1.83. The summed E-state index contributed by atoms with van der Waals surface area (Å²) < 4.78 is 12.0. The summed E-state index contributed by atoms with van der Waals surface area (Å²) in [4.78, 5) is 26.1. The van der Waals surface area contributed by atoms with Gasteiger partial charge in [0.05, 0.1) is 11.7 Å². The molecule has 0 N–H and O–H groups in total. The lowest BCUT2D eigenvalue weighted by atomic mass is 9.98. The summed E-state index contributed by atoms with van der Waals surface area (Å²) in [6.45, 7) is 5.66. The van der Waals surface area contributed by atoms with Gasteiger partial charge in [-0.1, -0.05) is 38.1 Å². The molecule has 138 valence electrons. The van der Waals surface area contributed by atoms with Crippen molar-refractivity contribution >= 4 is 11.8 Å². The first-order valence-electron chi connectivity index (χ1n) is 9.08. The first-order chi connectivity index (χ1) is 12.5. The van der Waals surface area contributed by atoms with Crippen molar-refractivity contribution in [2.24, 2.45) is 5.92 Å². The number of allylic oxidation sites excluding steroid dienone is 2. The van der Waals surface area contributed by atoms with Crippen molar-refractivity contribution in [1.82, 2.24) is 4.90 Å². The van der Waals surface area contributed by atoms with Gasteiger partial charge in [-0.2, -0.15) is 0 Å². The number of carbonyl (C=O) groups is 2. The van der Waals surface area contributed by atoms with Crippen LogP contribution in [-0.4, -0.2) is 35.1 Å². The van der Waals surface area contributed by atoms with Gasteiger partial charge >= 0.3 is 5.97 Å². The van der Waals surface area contributed by atoms with E-state index in [1.165, 1.54) is 0 Å². The minimum Gasteiger partial charge on any atom is -0.454 e. The van der Waals surface area contributed by atoms with Gasteiger partial charge < -0.3 is 14.4 Å². The molecule has 0 radical (unpaired) electrons. The lowest BCUT2D eigenvalue weighted by Gasteiger charge is -2.31. The quantitative estimate of drug-likeness (QED) is 0.754. The second-order valence-electron chi connectivity index (χ2n) is 6.82. The third-order valence-electron chi connectivity index (χ3n) is 5.02. The van der Waals surface area contributed by atoms with Gasteiger partial charge in [-0.3, -0.25) is 4.79 Å². The van der Waals surface area contributed by atoms with Crippen molar-refractivity contribution in [2.75, 3.05) is 0 Å². The molecule has 1 fully saturated rings. The number of ether oxygens (including phenoxy) is 2. The molecule has 2 aliphatic heterocycles. The van der Waals surface area contributed by atoms with Crippen LogP contribution in [-0.2, 0) is 14.3 Å². The molecule has 0 aliphatic carbocycles. The molecule has 3 rings (SSSR count). The molecule has 2 aliphatic rings. The Hall–Kier alpha value is -2.40. The van der Waals surface area contributed by atoms with E-state index in [2.05, 4.69) is 6.92 Å². The normalized spacial score (nSPS) is 28.0. The van der Waals surface area contributed by atoms with Gasteiger partial charge in [-0.15, -0.1) is 0 Å². The van der Waals surface area contributed by atoms with Gasteiger partial charge in [-0.25, -0.2) is 4.79 Å². The molecule has 0 spiro atoms. The summed E-state index contributed by atoms with van der Waals surface area (Å²) in [6.07, 6.45) is 6.22. The van der Waals surface area contributed by atoms with Gasteiger partial charge in [0.2, 0.25) is 0 Å². The number of hydrogen-bond acceptors (Lipinski definition) is 5. The zero-order valence-corrected chi connectivity index (χ0v) is 15.4. The Kier molecular flexibility index (Phi) is 5.57. The van der Waals surface area contributed by atoms with E-state index in [0.29, 0.717) is 12.0 Å². The highest BCUT2D eigenvalue weighted by Crippen LogP contribution is 2.35. The first kappa shape index (κ1) is 18.4. The molecular weight excluding hydrogens is 330 g/mol. The van der Waals surface area contributed by atoms with E-state index >= 15 is 0 Å². The standard InChI is InChI=1S/C21H25NO4/c1-4-18-14(2)19(26-21(24)16-9-6-5-7-10-16)20(25-18)22-12-8-11-17(13-22)15(3)23/h5-10,12-14,18-20H,4,11H2,1-3H3/t14-,18-,19-,20-/m1/s1. The molecule has 0 bridgehead atoms. The molecule has 1 aromatic rings. The van der Waals surface area contributed by atoms with Crippen LogP contribution in [0.2, 0.25) is 0 Å². The number of rotatable bonds is 5. The highest BCUT2D eigenvalue weighted by molar-refractivity contribution is 5.93. The van der Waals surface area contributed by atoms with Gasteiger partial charge in [0.15, 0.2) is 18.1 Å². The Labute approximate surface area is 154 Å². The van der Waals surface area contributed by atoms with Crippen LogP contribution in [0.3, 0.4) is 0 Å². The molecule has 4 atom stereocenters. The topological polar surface area (TPSA) is 55.8 Å². The zero-order valence-electron chi connectivity index (χ0n) is 15.4. The summed E-state index contributed by atoms with van der Waals surface area (Å²) in [5.74, 6) is -0.262. The van der Waals surface area contributed by atoms with E-state index in [-0.39, 0.29) is 23.8 Å². The average molecular weight is 355 g/mol. The largest absolute Gasteiger partial charge is 0.454 e.